The molecule has 1 aliphatic rings. The number of halogens is 8. The van der Waals surface area contributed by atoms with Gasteiger partial charge in [0.2, 0.25) is 0 Å². The summed E-state index contributed by atoms with van der Waals surface area (Å²) in [6, 6.07) is 36.8. The number of benzene rings is 6. The van der Waals surface area contributed by atoms with Gasteiger partial charge >= 0.3 is 17.8 Å². The summed E-state index contributed by atoms with van der Waals surface area (Å²) in [5, 5.41) is 3.48. The zero-order valence-corrected chi connectivity index (χ0v) is 41.0. The number of thiazole rings is 2. The largest absolute Gasteiger partial charge is 0.380 e. The SMILES string of the molecule is Cc1sc2cc(-c3csc(=NC(=O)c4ccccc4)n3-c3ccc(F)cc3)ccc2c1C1=C(c2c(C)sc3cc(-c4csc(=NC(=O)c5ccccc5)n4-c4ccc(F)cc4)ccc23)C(F)(F)C(F)(F)C1(F)F. The maximum Gasteiger partial charge on any atom is 0.380 e. The molecule has 0 atom stereocenters. The van der Waals surface area contributed by atoms with Crippen molar-refractivity contribution < 1.29 is 44.7 Å². The number of aromatic nitrogens is 2. The van der Waals surface area contributed by atoms with Gasteiger partial charge in [-0.05, 0) is 98.8 Å². The second-order valence-electron chi connectivity index (χ2n) is 17.0. The van der Waals surface area contributed by atoms with Crippen molar-refractivity contribution >= 4 is 88.5 Å². The van der Waals surface area contributed by atoms with Crippen LogP contribution in [0.5, 0.6) is 0 Å². The topological polar surface area (TPSA) is 68.7 Å². The van der Waals surface area contributed by atoms with E-state index in [1.165, 1.54) is 86.6 Å². The van der Waals surface area contributed by atoms with Gasteiger partial charge in [0.15, 0.2) is 9.60 Å². The van der Waals surface area contributed by atoms with E-state index >= 15 is 26.3 Å². The lowest BCUT2D eigenvalue weighted by Gasteiger charge is -2.26. The quantitative estimate of drug-likeness (QED) is 0.142. The Balaban J connectivity index is 1.06. The lowest BCUT2D eigenvalue weighted by atomic mass is 9.91. The Morgan fingerprint density at radius 2 is 0.863 bits per heavy atom. The van der Waals surface area contributed by atoms with Crippen molar-refractivity contribution in [2.75, 3.05) is 0 Å². The molecular weight excluding hydrogens is 1030 g/mol. The van der Waals surface area contributed by atoms with Crippen LogP contribution in [0.4, 0.5) is 35.1 Å². The summed E-state index contributed by atoms with van der Waals surface area (Å²) in [5.41, 5.74) is -0.450. The van der Waals surface area contributed by atoms with Gasteiger partial charge in [-0.15, -0.1) is 45.3 Å². The molecule has 0 spiro atoms. The summed E-state index contributed by atoms with van der Waals surface area (Å²) >= 11 is 4.16. The Kier molecular flexibility index (Phi) is 11.8. The molecule has 73 heavy (non-hydrogen) atoms. The monoisotopic (exact) mass is 1060 g/mol. The number of allylic oxidation sites excluding steroid dienone is 2. The molecule has 4 aromatic heterocycles. The molecule has 364 valence electrons. The molecule has 18 heteroatoms. The summed E-state index contributed by atoms with van der Waals surface area (Å²) in [5.74, 6) is -18.6. The van der Waals surface area contributed by atoms with Gasteiger partial charge in [-0.1, -0.05) is 60.7 Å². The summed E-state index contributed by atoms with van der Waals surface area (Å²) in [6.45, 7) is 2.83. The maximum absolute atomic E-state index is 16.7. The zero-order valence-electron chi connectivity index (χ0n) is 37.8. The molecule has 6 aromatic carbocycles. The van der Waals surface area contributed by atoms with Crippen LogP contribution in [0.2, 0.25) is 0 Å². The smallest absolute Gasteiger partial charge is 0.285 e. The van der Waals surface area contributed by atoms with Crippen LogP contribution >= 0.6 is 45.3 Å². The molecule has 0 saturated carbocycles. The van der Waals surface area contributed by atoms with Gasteiger partial charge in [-0.2, -0.15) is 36.3 Å². The predicted molar refractivity (Wildman–Crippen MR) is 273 cm³/mol. The Morgan fingerprint density at radius 3 is 1.23 bits per heavy atom. The van der Waals surface area contributed by atoms with Crippen LogP contribution in [-0.2, 0) is 0 Å². The van der Waals surface area contributed by atoms with Gasteiger partial charge in [-0.25, -0.2) is 8.78 Å². The van der Waals surface area contributed by atoms with E-state index in [2.05, 4.69) is 9.98 Å². The van der Waals surface area contributed by atoms with Crippen LogP contribution in [-0.4, -0.2) is 38.7 Å². The first kappa shape index (κ1) is 47.9. The van der Waals surface area contributed by atoms with Crippen LogP contribution in [0.1, 0.15) is 41.6 Å². The number of hydrogen-bond acceptors (Lipinski definition) is 6. The van der Waals surface area contributed by atoms with Gasteiger partial charge in [0.1, 0.15) is 11.6 Å². The number of thiophene rings is 2. The van der Waals surface area contributed by atoms with E-state index in [-0.39, 0.29) is 30.1 Å². The van der Waals surface area contributed by atoms with E-state index in [1.54, 1.807) is 92.7 Å². The van der Waals surface area contributed by atoms with Crippen LogP contribution in [0.25, 0.3) is 65.2 Å². The molecule has 4 heterocycles. The van der Waals surface area contributed by atoms with Crippen molar-refractivity contribution in [1.29, 1.82) is 0 Å². The lowest BCUT2D eigenvalue weighted by Crippen LogP contribution is -2.48. The van der Waals surface area contributed by atoms with Crippen LogP contribution in [0.3, 0.4) is 0 Å². The summed E-state index contributed by atoms with van der Waals surface area (Å²) < 4.78 is 131. The van der Waals surface area contributed by atoms with Gasteiger partial charge in [0, 0.05) is 96.6 Å². The number of hydrogen-bond donors (Lipinski definition) is 0. The van der Waals surface area contributed by atoms with Gasteiger partial charge < -0.3 is 0 Å². The third-order valence-corrected chi connectivity index (χ3v) is 16.3. The summed E-state index contributed by atoms with van der Waals surface area (Å²) in [4.78, 5) is 35.9. The highest BCUT2D eigenvalue weighted by molar-refractivity contribution is 7.20. The molecule has 0 aliphatic heterocycles. The fourth-order valence-corrected chi connectivity index (χ4v) is 13.1. The number of fused-ring (bicyclic) bond motifs is 2. The minimum atomic E-state index is -5.84. The molecule has 0 fully saturated rings. The van der Waals surface area contributed by atoms with Crippen LogP contribution < -0.4 is 9.60 Å². The van der Waals surface area contributed by atoms with Crippen molar-refractivity contribution in [3.8, 4) is 33.9 Å². The van der Waals surface area contributed by atoms with Crippen LogP contribution in [0.15, 0.2) is 166 Å². The number of carbonyl (C=O) groups is 2. The molecule has 6 nitrogen and oxygen atoms in total. The van der Waals surface area contributed by atoms with E-state index in [9.17, 15) is 18.4 Å². The molecule has 0 saturated heterocycles. The minimum Gasteiger partial charge on any atom is -0.285 e. The van der Waals surface area contributed by atoms with E-state index in [1.807, 2.05) is 0 Å². The van der Waals surface area contributed by atoms with Crippen molar-refractivity contribution in [2.24, 2.45) is 9.98 Å². The highest BCUT2D eigenvalue weighted by atomic mass is 32.1. The van der Waals surface area contributed by atoms with Crippen molar-refractivity contribution in [3.05, 3.63) is 210 Å². The van der Waals surface area contributed by atoms with Crippen molar-refractivity contribution in [3.63, 3.8) is 0 Å². The number of alkyl halides is 6. The Hall–Kier alpha value is -7.38. The average Bonchev–Trinajstić information content (AvgIpc) is 4.17. The van der Waals surface area contributed by atoms with E-state index in [0.29, 0.717) is 54.4 Å². The molecular formula is C55H32F8N4O2S4. The van der Waals surface area contributed by atoms with E-state index in [4.69, 9.17) is 0 Å². The standard InChI is InChI=1S/C55H32F8N4O2S4/c1-29-45(39-23-13-33(25-43(39)72-29)41-27-70-51(64-49(68)31-9-5-3-6-10-31)66(41)37-19-15-35(56)16-20-37)47-48(54(60,61)55(62,63)53(47,58)59)46-30(2)73-44-26-34(14-24-40(44)46)42-28-71-52(65-50(69)32-11-7-4-8-12-32)67(42)38-21-17-36(57)18-22-38/h3-28H,1-2H3. The fraction of sp³-hybridized carbons (Fsp3) is 0.0909. The molecule has 1 aliphatic carbocycles. The Labute approximate surface area is 425 Å². The Bertz CT molecular complexity index is 3780. The van der Waals surface area contributed by atoms with E-state index in [0.717, 1.165) is 45.3 Å². The lowest BCUT2D eigenvalue weighted by molar-refractivity contribution is -0.254. The number of carbonyl (C=O) groups excluding carboxylic acids is 2. The summed E-state index contributed by atoms with van der Waals surface area (Å²) in [7, 11) is 0. The molecule has 0 bridgehead atoms. The minimum absolute atomic E-state index is 0.0360. The first-order valence-electron chi connectivity index (χ1n) is 22.1. The highest BCUT2D eigenvalue weighted by Crippen LogP contribution is 2.67. The maximum atomic E-state index is 16.7. The van der Waals surface area contributed by atoms with Gasteiger partial charge in [-0.3, -0.25) is 18.7 Å². The first-order valence-corrected chi connectivity index (χ1v) is 25.5. The average molecular weight is 1060 g/mol. The Morgan fingerprint density at radius 1 is 0.493 bits per heavy atom. The second-order valence-corrected chi connectivity index (χ2v) is 21.1. The number of amides is 2. The second kappa shape index (κ2) is 18.0. The fourth-order valence-electron chi connectivity index (χ4n) is 9.09. The third kappa shape index (κ3) is 7.94. The molecule has 11 rings (SSSR count). The van der Waals surface area contributed by atoms with Gasteiger partial charge in [0.25, 0.3) is 11.8 Å². The van der Waals surface area contributed by atoms with E-state index < -0.39 is 63.5 Å². The number of rotatable bonds is 8. The zero-order chi connectivity index (χ0) is 51.1. The van der Waals surface area contributed by atoms with Gasteiger partial charge in [0.05, 0.1) is 11.4 Å². The molecule has 0 unspecified atom stereocenters. The normalized spacial score (nSPS) is 15.5. The van der Waals surface area contributed by atoms with Crippen molar-refractivity contribution in [2.45, 2.75) is 31.6 Å². The highest BCUT2D eigenvalue weighted by Gasteiger charge is 2.80. The third-order valence-electron chi connectivity index (χ3n) is 12.5. The number of aryl methyl sites for hydroxylation is 2. The summed E-state index contributed by atoms with van der Waals surface area (Å²) in [6.07, 6.45) is 0. The van der Waals surface area contributed by atoms with Crippen molar-refractivity contribution in [1.82, 2.24) is 9.13 Å². The number of nitrogens with zero attached hydrogens (tertiary/aromatic N) is 4. The molecule has 0 radical (unpaired) electrons. The molecule has 10 aromatic rings. The molecule has 2 amide bonds. The van der Waals surface area contributed by atoms with Crippen LogP contribution in [0, 0.1) is 25.5 Å². The first-order chi connectivity index (χ1) is 34.9. The molecule has 0 N–H and O–H groups in total. The predicted octanol–water partition coefficient (Wildman–Crippen LogP) is 15.4.